The number of rotatable bonds is 3. The first-order chi connectivity index (χ1) is 8.09. The van der Waals surface area contributed by atoms with Gasteiger partial charge in [-0.3, -0.25) is 0 Å². The molecule has 2 rings (SSSR count). The predicted octanol–water partition coefficient (Wildman–Crippen LogP) is 1.01. The molecule has 1 atom stereocenters. The smallest absolute Gasteiger partial charge is 0.328 e. The highest BCUT2D eigenvalue weighted by Gasteiger charge is 2.38. The Bertz CT molecular complexity index is 433. The molecule has 0 aliphatic carbocycles. The summed E-state index contributed by atoms with van der Waals surface area (Å²) >= 11 is 0. The lowest BCUT2D eigenvalue weighted by Crippen LogP contribution is -2.36. The van der Waals surface area contributed by atoms with Crippen molar-refractivity contribution < 1.29 is 14.7 Å². The number of benzene rings is 1. The summed E-state index contributed by atoms with van der Waals surface area (Å²) in [5.74, 6) is -0.962. The minimum absolute atomic E-state index is 0.235. The number of carboxylic acid groups (broad SMARTS) is 1. The normalized spacial score (nSPS) is 19.8. The Morgan fingerprint density at radius 3 is 2.59 bits per heavy atom. The van der Waals surface area contributed by atoms with Gasteiger partial charge in [0.25, 0.3) is 0 Å². The number of carbonyl (C=O) groups is 2. The third-order valence-corrected chi connectivity index (χ3v) is 2.93. The fraction of sp³-hybridized carbons (Fsp3) is 0.333. The largest absolute Gasteiger partial charge is 0.480 e. The molecule has 2 amide bonds. The van der Waals surface area contributed by atoms with E-state index in [9.17, 15) is 9.59 Å². The first kappa shape index (κ1) is 11.4. The fourth-order valence-corrected chi connectivity index (χ4v) is 1.95. The van der Waals surface area contributed by atoms with Crippen molar-refractivity contribution in [1.82, 2.24) is 9.80 Å². The monoisotopic (exact) mass is 234 g/mol. The summed E-state index contributed by atoms with van der Waals surface area (Å²) < 4.78 is 0. The Hall–Kier alpha value is -2.04. The molecule has 1 N–H and O–H groups in total. The fourth-order valence-electron chi connectivity index (χ4n) is 1.95. The van der Waals surface area contributed by atoms with Crippen molar-refractivity contribution in [2.24, 2.45) is 0 Å². The van der Waals surface area contributed by atoms with Crippen LogP contribution in [0, 0.1) is 0 Å². The number of hydrogen-bond donors (Lipinski definition) is 1. The maximum absolute atomic E-state index is 11.8. The molecule has 1 aromatic carbocycles. The molecule has 90 valence electrons. The zero-order valence-electron chi connectivity index (χ0n) is 9.54. The second kappa shape index (κ2) is 4.45. The molecule has 0 aromatic heterocycles. The molecule has 5 nitrogen and oxygen atoms in total. The molecule has 1 heterocycles. The van der Waals surface area contributed by atoms with Gasteiger partial charge in [-0.25, -0.2) is 9.59 Å². The molecular formula is C12H14N2O3. The zero-order chi connectivity index (χ0) is 12.4. The average Bonchev–Trinajstić information content (AvgIpc) is 2.59. The van der Waals surface area contributed by atoms with Crippen molar-refractivity contribution in [2.45, 2.75) is 12.6 Å². The number of aliphatic carboxylic acids is 1. The quantitative estimate of drug-likeness (QED) is 0.849. The summed E-state index contributed by atoms with van der Waals surface area (Å²) in [5.41, 5.74) is 1.00. The highest BCUT2D eigenvalue weighted by atomic mass is 16.4. The second-order valence-electron chi connectivity index (χ2n) is 4.11. The van der Waals surface area contributed by atoms with E-state index in [1.165, 1.54) is 11.9 Å². The van der Waals surface area contributed by atoms with Crippen LogP contribution in [0.2, 0.25) is 0 Å². The van der Waals surface area contributed by atoms with Gasteiger partial charge in [-0.1, -0.05) is 30.3 Å². The standard InChI is InChI=1S/C12H14N2O3/c1-13-10(11(15)16)8-14(12(13)17)7-9-5-3-2-4-6-9/h2-6,10H,7-8H2,1H3,(H,15,16). The minimum atomic E-state index is -0.962. The van der Waals surface area contributed by atoms with Crippen LogP contribution >= 0.6 is 0 Å². The van der Waals surface area contributed by atoms with Crippen molar-refractivity contribution in [1.29, 1.82) is 0 Å². The van der Waals surface area contributed by atoms with Gasteiger partial charge in [-0.2, -0.15) is 0 Å². The van der Waals surface area contributed by atoms with Gasteiger partial charge in [0.2, 0.25) is 0 Å². The van der Waals surface area contributed by atoms with Gasteiger partial charge < -0.3 is 14.9 Å². The van der Waals surface area contributed by atoms with Crippen LogP contribution in [-0.4, -0.2) is 46.5 Å². The molecule has 1 saturated heterocycles. The van der Waals surface area contributed by atoms with Gasteiger partial charge in [0.15, 0.2) is 0 Å². The summed E-state index contributed by atoms with van der Waals surface area (Å²) in [6, 6.07) is 8.56. The molecule has 0 saturated carbocycles. The van der Waals surface area contributed by atoms with E-state index in [2.05, 4.69) is 0 Å². The Kier molecular flexibility index (Phi) is 2.99. The number of likely N-dealkylation sites (N-methyl/N-ethyl adjacent to an activating group) is 1. The topological polar surface area (TPSA) is 60.9 Å². The summed E-state index contributed by atoms with van der Waals surface area (Å²) in [6.07, 6.45) is 0. The predicted molar refractivity (Wildman–Crippen MR) is 61.4 cm³/mol. The molecule has 1 fully saturated rings. The first-order valence-corrected chi connectivity index (χ1v) is 5.38. The molecule has 1 aromatic rings. The van der Waals surface area contributed by atoms with Crippen LogP contribution in [-0.2, 0) is 11.3 Å². The molecular weight excluding hydrogens is 220 g/mol. The molecule has 1 aliphatic rings. The first-order valence-electron chi connectivity index (χ1n) is 5.38. The Morgan fingerprint density at radius 1 is 1.41 bits per heavy atom. The highest BCUT2D eigenvalue weighted by Crippen LogP contribution is 2.17. The lowest BCUT2D eigenvalue weighted by atomic mass is 10.2. The van der Waals surface area contributed by atoms with Crippen LogP contribution in [0.1, 0.15) is 5.56 Å². The van der Waals surface area contributed by atoms with E-state index < -0.39 is 12.0 Å². The summed E-state index contributed by atoms with van der Waals surface area (Å²) in [6.45, 7) is 0.688. The van der Waals surface area contributed by atoms with E-state index >= 15 is 0 Å². The van der Waals surface area contributed by atoms with Crippen molar-refractivity contribution in [3.63, 3.8) is 0 Å². The summed E-state index contributed by atoms with van der Waals surface area (Å²) in [7, 11) is 1.52. The van der Waals surface area contributed by atoms with Gasteiger partial charge in [-0.05, 0) is 5.56 Å². The number of amides is 2. The van der Waals surface area contributed by atoms with E-state index in [0.29, 0.717) is 6.54 Å². The third-order valence-electron chi connectivity index (χ3n) is 2.93. The van der Waals surface area contributed by atoms with E-state index in [-0.39, 0.29) is 12.6 Å². The van der Waals surface area contributed by atoms with Crippen LogP contribution in [0.4, 0.5) is 4.79 Å². The lowest BCUT2D eigenvalue weighted by Gasteiger charge is -2.15. The molecule has 17 heavy (non-hydrogen) atoms. The molecule has 5 heteroatoms. The zero-order valence-corrected chi connectivity index (χ0v) is 9.54. The van der Waals surface area contributed by atoms with Crippen molar-refractivity contribution in [2.75, 3.05) is 13.6 Å². The van der Waals surface area contributed by atoms with Gasteiger partial charge in [0.05, 0.1) is 6.54 Å². The number of hydrogen-bond acceptors (Lipinski definition) is 2. The van der Waals surface area contributed by atoms with Gasteiger partial charge in [0, 0.05) is 13.6 Å². The number of nitrogens with zero attached hydrogens (tertiary/aromatic N) is 2. The summed E-state index contributed by atoms with van der Waals surface area (Å²) in [5, 5.41) is 8.96. The van der Waals surface area contributed by atoms with Crippen LogP contribution in [0.3, 0.4) is 0 Å². The van der Waals surface area contributed by atoms with Crippen molar-refractivity contribution in [3.8, 4) is 0 Å². The number of urea groups is 1. The van der Waals surface area contributed by atoms with Crippen LogP contribution in [0.15, 0.2) is 30.3 Å². The molecule has 0 spiro atoms. The number of carbonyl (C=O) groups excluding carboxylic acids is 1. The van der Waals surface area contributed by atoms with E-state index in [1.54, 1.807) is 4.90 Å². The third kappa shape index (κ3) is 2.22. The van der Waals surface area contributed by atoms with Gasteiger partial charge in [0.1, 0.15) is 6.04 Å². The van der Waals surface area contributed by atoms with Crippen molar-refractivity contribution in [3.05, 3.63) is 35.9 Å². The lowest BCUT2D eigenvalue weighted by molar-refractivity contribution is -0.140. The minimum Gasteiger partial charge on any atom is -0.480 e. The van der Waals surface area contributed by atoms with Crippen LogP contribution in [0.5, 0.6) is 0 Å². The molecule has 0 radical (unpaired) electrons. The Labute approximate surface area is 99.3 Å². The number of carboxylic acids is 1. The SMILES string of the molecule is CN1C(=O)N(Cc2ccccc2)CC1C(=O)O. The van der Waals surface area contributed by atoms with Gasteiger partial charge in [-0.15, -0.1) is 0 Å². The Morgan fingerprint density at radius 2 is 2.06 bits per heavy atom. The molecule has 1 aliphatic heterocycles. The molecule has 1 unspecified atom stereocenters. The van der Waals surface area contributed by atoms with Crippen LogP contribution in [0.25, 0.3) is 0 Å². The maximum atomic E-state index is 11.8. The van der Waals surface area contributed by atoms with E-state index in [0.717, 1.165) is 5.56 Å². The molecule has 0 bridgehead atoms. The second-order valence-corrected chi connectivity index (χ2v) is 4.11. The maximum Gasteiger partial charge on any atom is 0.328 e. The average molecular weight is 234 g/mol. The van der Waals surface area contributed by atoms with Crippen molar-refractivity contribution >= 4 is 12.0 Å². The Balaban J connectivity index is 2.09. The van der Waals surface area contributed by atoms with Crippen LogP contribution < -0.4 is 0 Å². The highest BCUT2D eigenvalue weighted by molar-refractivity contribution is 5.86. The van der Waals surface area contributed by atoms with E-state index in [1.807, 2.05) is 30.3 Å². The van der Waals surface area contributed by atoms with E-state index in [4.69, 9.17) is 5.11 Å². The van der Waals surface area contributed by atoms with Gasteiger partial charge >= 0.3 is 12.0 Å². The summed E-state index contributed by atoms with van der Waals surface area (Å²) in [4.78, 5) is 25.6.